The van der Waals surface area contributed by atoms with E-state index < -0.39 is 6.10 Å². The van der Waals surface area contributed by atoms with E-state index in [1.165, 1.54) is 44.2 Å². The smallest absolute Gasteiger partial charge is 0.264 e. The van der Waals surface area contributed by atoms with Crippen molar-refractivity contribution in [3.63, 3.8) is 0 Å². The first-order valence-electron chi connectivity index (χ1n) is 7.99. The van der Waals surface area contributed by atoms with Crippen LogP contribution >= 0.6 is 0 Å². The molecular formula is C17H21FN2O2. The molecule has 0 aromatic heterocycles. The highest BCUT2D eigenvalue weighted by atomic mass is 19.1. The number of nitrogens with zero attached hydrogens (tertiary/aromatic N) is 1. The lowest BCUT2D eigenvalue weighted by Crippen LogP contribution is -2.38. The molecule has 5 heteroatoms. The van der Waals surface area contributed by atoms with Crippen molar-refractivity contribution in [1.29, 1.82) is 0 Å². The quantitative estimate of drug-likeness (QED) is 0.929. The van der Waals surface area contributed by atoms with Crippen LogP contribution in [-0.4, -0.2) is 24.3 Å². The molecule has 118 valence electrons. The van der Waals surface area contributed by atoms with E-state index in [1.807, 2.05) is 0 Å². The minimum absolute atomic E-state index is 0.124. The molecule has 3 rings (SSSR count). The summed E-state index contributed by atoms with van der Waals surface area (Å²) >= 11 is 0. The van der Waals surface area contributed by atoms with Crippen LogP contribution in [0.15, 0.2) is 29.4 Å². The van der Waals surface area contributed by atoms with Crippen LogP contribution in [0.25, 0.3) is 0 Å². The molecule has 1 amide bonds. The molecule has 0 bridgehead atoms. The number of carbonyl (C=O) groups excluding carboxylic acids is 1. The third kappa shape index (κ3) is 3.64. The highest BCUT2D eigenvalue weighted by molar-refractivity contribution is 6.04. The van der Waals surface area contributed by atoms with E-state index in [0.29, 0.717) is 30.2 Å². The Morgan fingerprint density at radius 3 is 2.91 bits per heavy atom. The van der Waals surface area contributed by atoms with Gasteiger partial charge in [-0.1, -0.05) is 36.6 Å². The first-order valence-corrected chi connectivity index (χ1v) is 7.99. The molecule has 1 atom stereocenters. The number of hydrogen-bond donors (Lipinski definition) is 1. The maximum absolute atomic E-state index is 13.2. The Kier molecular flexibility index (Phi) is 4.71. The topological polar surface area (TPSA) is 50.7 Å². The Morgan fingerprint density at radius 2 is 2.14 bits per heavy atom. The summed E-state index contributed by atoms with van der Waals surface area (Å²) < 4.78 is 13.2. The predicted molar refractivity (Wildman–Crippen MR) is 82.0 cm³/mol. The third-order valence-electron chi connectivity index (χ3n) is 4.41. The van der Waals surface area contributed by atoms with Crippen molar-refractivity contribution in [2.75, 3.05) is 6.54 Å². The molecule has 1 N–H and O–H groups in total. The summed E-state index contributed by atoms with van der Waals surface area (Å²) in [6.45, 7) is 0.716. The van der Waals surface area contributed by atoms with Gasteiger partial charge in [0.05, 0.1) is 5.71 Å². The van der Waals surface area contributed by atoms with Crippen LogP contribution in [0.2, 0.25) is 0 Å². The van der Waals surface area contributed by atoms with Crippen LogP contribution in [-0.2, 0) is 9.63 Å². The van der Waals surface area contributed by atoms with Crippen molar-refractivity contribution < 1.29 is 14.0 Å². The number of amides is 1. The minimum atomic E-state index is -0.596. The van der Waals surface area contributed by atoms with E-state index in [2.05, 4.69) is 10.5 Å². The van der Waals surface area contributed by atoms with E-state index in [4.69, 9.17) is 4.84 Å². The molecule has 0 saturated heterocycles. The van der Waals surface area contributed by atoms with Crippen LogP contribution in [0.1, 0.15) is 44.1 Å². The molecule has 1 heterocycles. The maximum Gasteiger partial charge on any atom is 0.264 e. The predicted octanol–water partition coefficient (Wildman–Crippen LogP) is 3.02. The lowest BCUT2D eigenvalue weighted by molar-refractivity contribution is -0.131. The van der Waals surface area contributed by atoms with Gasteiger partial charge in [-0.2, -0.15) is 0 Å². The molecular weight excluding hydrogens is 283 g/mol. The molecule has 1 aromatic carbocycles. The lowest BCUT2D eigenvalue weighted by Gasteiger charge is -2.22. The van der Waals surface area contributed by atoms with Gasteiger partial charge in [0.25, 0.3) is 5.91 Å². The largest absolute Gasteiger partial charge is 0.382 e. The van der Waals surface area contributed by atoms with Gasteiger partial charge in [-0.05, 0) is 30.9 Å². The Hall–Kier alpha value is -1.91. The van der Waals surface area contributed by atoms with Crippen LogP contribution in [0.4, 0.5) is 4.39 Å². The van der Waals surface area contributed by atoms with Gasteiger partial charge < -0.3 is 10.2 Å². The average Bonchev–Trinajstić information content (AvgIpc) is 3.04. The Morgan fingerprint density at radius 1 is 1.32 bits per heavy atom. The second-order valence-corrected chi connectivity index (χ2v) is 6.10. The van der Waals surface area contributed by atoms with Crippen molar-refractivity contribution in [2.24, 2.45) is 11.1 Å². The molecule has 1 fully saturated rings. The van der Waals surface area contributed by atoms with Gasteiger partial charge in [0.15, 0.2) is 0 Å². The van der Waals surface area contributed by atoms with Crippen LogP contribution < -0.4 is 5.32 Å². The van der Waals surface area contributed by atoms with E-state index in [0.717, 1.165) is 0 Å². The van der Waals surface area contributed by atoms with Gasteiger partial charge in [0.2, 0.25) is 6.10 Å². The van der Waals surface area contributed by atoms with Crippen molar-refractivity contribution >= 4 is 11.6 Å². The fourth-order valence-electron chi connectivity index (χ4n) is 3.11. The SMILES string of the molecule is O=C(NCC1CCCCC1)C1CC(c2cccc(F)c2)=NO1. The van der Waals surface area contributed by atoms with Crippen LogP contribution in [0, 0.1) is 11.7 Å². The lowest BCUT2D eigenvalue weighted by atomic mass is 9.89. The number of carbonyl (C=O) groups is 1. The summed E-state index contributed by atoms with van der Waals surface area (Å²) in [5.41, 5.74) is 1.29. The minimum Gasteiger partial charge on any atom is -0.382 e. The van der Waals surface area contributed by atoms with Crippen molar-refractivity contribution in [3.05, 3.63) is 35.6 Å². The zero-order chi connectivity index (χ0) is 15.4. The molecule has 1 aromatic rings. The number of hydrogen-bond acceptors (Lipinski definition) is 3. The fraction of sp³-hybridized carbons (Fsp3) is 0.529. The summed E-state index contributed by atoms with van der Waals surface area (Å²) in [5.74, 6) is 0.147. The van der Waals surface area contributed by atoms with Gasteiger partial charge >= 0.3 is 0 Å². The number of benzene rings is 1. The van der Waals surface area contributed by atoms with Crippen molar-refractivity contribution in [1.82, 2.24) is 5.32 Å². The van der Waals surface area contributed by atoms with Gasteiger partial charge in [0.1, 0.15) is 5.82 Å². The number of halogens is 1. The molecule has 1 aliphatic carbocycles. The van der Waals surface area contributed by atoms with E-state index in [1.54, 1.807) is 12.1 Å². The highest BCUT2D eigenvalue weighted by Gasteiger charge is 2.29. The van der Waals surface area contributed by atoms with Crippen LogP contribution in [0.3, 0.4) is 0 Å². The molecule has 4 nitrogen and oxygen atoms in total. The Bertz CT molecular complexity index is 568. The molecule has 22 heavy (non-hydrogen) atoms. The van der Waals surface area contributed by atoms with E-state index in [9.17, 15) is 9.18 Å². The monoisotopic (exact) mass is 304 g/mol. The summed E-state index contributed by atoms with van der Waals surface area (Å²) in [6.07, 6.45) is 6.00. The standard InChI is InChI=1S/C17H21FN2O2/c18-14-8-4-7-13(9-14)15-10-16(22-20-15)17(21)19-11-12-5-2-1-3-6-12/h4,7-9,12,16H,1-3,5-6,10-11H2,(H,19,21). The van der Waals surface area contributed by atoms with Crippen LogP contribution in [0.5, 0.6) is 0 Å². The molecule has 1 saturated carbocycles. The second kappa shape index (κ2) is 6.90. The van der Waals surface area contributed by atoms with E-state index in [-0.39, 0.29) is 11.7 Å². The Balaban J connectivity index is 1.49. The van der Waals surface area contributed by atoms with Gasteiger partial charge in [-0.25, -0.2) is 4.39 Å². The first kappa shape index (κ1) is 15.0. The Labute approximate surface area is 129 Å². The van der Waals surface area contributed by atoms with Crippen molar-refractivity contribution in [3.8, 4) is 0 Å². The number of rotatable bonds is 4. The van der Waals surface area contributed by atoms with Gasteiger partial charge in [-0.3, -0.25) is 4.79 Å². The fourth-order valence-corrected chi connectivity index (χ4v) is 3.11. The summed E-state index contributed by atoms with van der Waals surface area (Å²) in [5, 5.41) is 6.90. The van der Waals surface area contributed by atoms with Crippen molar-refractivity contribution in [2.45, 2.75) is 44.6 Å². The van der Waals surface area contributed by atoms with E-state index >= 15 is 0 Å². The first-order chi connectivity index (χ1) is 10.7. The van der Waals surface area contributed by atoms with Gasteiger partial charge in [-0.15, -0.1) is 0 Å². The molecule has 1 unspecified atom stereocenters. The zero-order valence-electron chi connectivity index (χ0n) is 12.6. The molecule has 0 spiro atoms. The third-order valence-corrected chi connectivity index (χ3v) is 4.41. The maximum atomic E-state index is 13.2. The molecule has 0 radical (unpaired) electrons. The average molecular weight is 304 g/mol. The number of nitrogens with one attached hydrogen (secondary N) is 1. The molecule has 2 aliphatic rings. The summed E-state index contributed by atoms with van der Waals surface area (Å²) in [4.78, 5) is 17.4. The normalized spacial score (nSPS) is 22.0. The number of oxime groups is 1. The summed E-state index contributed by atoms with van der Waals surface area (Å²) in [7, 11) is 0. The molecule has 1 aliphatic heterocycles. The second-order valence-electron chi connectivity index (χ2n) is 6.10. The summed E-state index contributed by atoms with van der Waals surface area (Å²) in [6, 6.07) is 6.19. The highest BCUT2D eigenvalue weighted by Crippen LogP contribution is 2.23. The van der Waals surface area contributed by atoms with Gasteiger partial charge in [0, 0.05) is 18.5 Å². The zero-order valence-corrected chi connectivity index (χ0v) is 12.6.